The van der Waals surface area contributed by atoms with Crippen LogP contribution in [-0.2, 0) is 9.59 Å². The van der Waals surface area contributed by atoms with Crippen molar-refractivity contribution >= 4 is 17.5 Å². The molecular weight excluding hydrogens is 225 g/mol. The zero-order valence-corrected chi connectivity index (χ0v) is 9.37. The number of para-hydroxylation sites is 1. The maximum absolute atomic E-state index is 13.4. The van der Waals surface area contributed by atoms with Gasteiger partial charge in [0.05, 0.1) is 18.2 Å². The van der Waals surface area contributed by atoms with Gasteiger partial charge in [-0.25, -0.2) is 4.39 Å². The number of hydrogen-bond acceptors (Lipinski definition) is 3. The lowest BCUT2D eigenvalue weighted by Crippen LogP contribution is -2.39. The quantitative estimate of drug-likeness (QED) is 0.703. The molecule has 0 saturated heterocycles. The lowest BCUT2D eigenvalue weighted by molar-refractivity contribution is -0.123. The monoisotopic (exact) mass is 239 g/mol. The summed E-state index contributed by atoms with van der Waals surface area (Å²) in [5.74, 6) is -1.88. The summed E-state index contributed by atoms with van der Waals surface area (Å²) >= 11 is 0. The fourth-order valence-corrected chi connectivity index (χ4v) is 1.32. The van der Waals surface area contributed by atoms with Crippen LogP contribution >= 0.6 is 0 Å². The van der Waals surface area contributed by atoms with Gasteiger partial charge in [0.25, 0.3) is 0 Å². The molecule has 1 atom stereocenters. The molecule has 0 aromatic heterocycles. The number of hydrogen-bond donors (Lipinski definition) is 3. The van der Waals surface area contributed by atoms with Gasteiger partial charge in [-0.05, 0) is 18.6 Å². The molecule has 0 aliphatic rings. The molecule has 0 aliphatic carbocycles. The van der Waals surface area contributed by atoms with E-state index in [1.165, 1.54) is 12.1 Å². The van der Waals surface area contributed by atoms with Crippen molar-refractivity contribution in [2.24, 2.45) is 11.5 Å². The van der Waals surface area contributed by atoms with E-state index in [4.69, 9.17) is 11.5 Å². The highest BCUT2D eigenvalue weighted by Crippen LogP contribution is 2.18. The fraction of sp³-hybridized carbons (Fsp3) is 0.273. The van der Waals surface area contributed by atoms with Crippen LogP contribution in [0.2, 0.25) is 0 Å². The number of carbonyl (C=O) groups is 2. The fourth-order valence-electron chi connectivity index (χ4n) is 1.32. The molecule has 0 saturated carbocycles. The highest BCUT2D eigenvalue weighted by Gasteiger charge is 2.18. The minimum absolute atomic E-state index is 0.0671. The molecule has 5 nitrogen and oxygen atoms in total. The summed E-state index contributed by atoms with van der Waals surface area (Å²) in [6.07, 6.45) is -0.278. The Morgan fingerprint density at radius 2 is 2.12 bits per heavy atom. The first-order valence-corrected chi connectivity index (χ1v) is 5.01. The van der Waals surface area contributed by atoms with E-state index in [1.54, 1.807) is 13.0 Å². The summed E-state index contributed by atoms with van der Waals surface area (Å²) in [5, 5.41) is 2.34. The second kappa shape index (κ2) is 5.40. The number of aryl methyl sites for hydroxylation is 1. The summed E-state index contributed by atoms with van der Waals surface area (Å²) in [4.78, 5) is 22.1. The van der Waals surface area contributed by atoms with Crippen molar-refractivity contribution in [3.63, 3.8) is 0 Å². The van der Waals surface area contributed by atoms with Crippen molar-refractivity contribution in [2.75, 3.05) is 5.32 Å². The third-order valence-electron chi connectivity index (χ3n) is 2.23. The molecule has 92 valence electrons. The second-order valence-electron chi connectivity index (χ2n) is 3.70. The molecule has 0 spiro atoms. The maximum Gasteiger partial charge on any atom is 0.241 e. The first-order chi connectivity index (χ1) is 7.91. The molecule has 1 aromatic carbocycles. The minimum Gasteiger partial charge on any atom is -0.370 e. The van der Waals surface area contributed by atoms with Gasteiger partial charge in [0.1, 0.15) is 5.82 Å². The average Bonchev–Trinajstić information content (AvgIpc) is 2.22. The highest BCUT2D eigenvalue weighted by molar-refractivity contribution is 5.97. The molecule has 0 fully saturated rings. The molecule has 1 aromatic rings. The Kier molecular flexibility index (Phi) is 4.17. The van der Waals surface area contributed by atoms with Gasteiger partial charge in [0, 0.05) is 0 Å². The lowest BCUT2D eigenvalue weighted by Gasteiger charge is -2.12. The van der Waals surface area contributed by atoms with Crippen molar-refractivity contribution in [3.05, 3.63) is 29.6 Å². The van der Waals surface area contributed by atoms with Gasteiger partial charge >= 0.3 is 0 Å². The van der Waals surface area contributed by atoms with Crippen molar-refractivity contribution in [3.8, 4) is 0 Å². The number of nitrogens with two attached hydrogens (primary N) is 2. The van der Waals surface area contributed by atoms with E-state index in [0.29, 0.717) is 5.56 Å². The number of rotatable bonds is 4. The summed E-state index contributed by atoms with van der Waals surface area (Å²) in [5.41, 5.74) is 11.0. The van der Waals surface area contributed by atoms with Gasteiger partial charge in [-0.2, -0.15) is 0 Å². The van der Waals surface area contributed by atoms with Crippen LogP contribution in [0.15, 0.2) is 18.2 Å². The number of carbonyl (C=O) groups excluding carboxylic acids is 2. The lowest BCUT2D eigenvalue weighted by atomic mass is 10.1. The van der Waals surface area contributed by atoms with Crippen LogP contribution in [0.25, 0.3) is 0 Å². The molecule has 1 rings (SSSR count). The van der Waals surface area contributed by atoms with E-state index in [2.05, 4.69) is 5.32 Å². The molecule has 0 bridgehead atoms. The van der Waals surface area contributed by atoms with Crippen LogP contribution in [-0.4, -0.2) is 17.9 Å². The van der Waals surface area contributed by atoms with Crippen molar-refractivity contribution in [1.29, 1.82) is 0 Å². The van der Waals surface area contributed by atoms with Gasteiger partial charge < -0.3 is 16.8 Å². The molecular formula is C11H14FN3O2. The molecule has 5 N–H and O–H groups in total. The molecule has 0 aliphatic heterocycles. The zero-order chi connectivity index (χ0) is 13.0. The summed E-state index contributed by atoms with van der Waals surface area (Å²) in [7, 11) is 0. The van der Waals surface area contributed by atoms with Crippen LogP contribution in [0.1, 0.15) is 12.0 Å². The smallest absolute Gasteiger partial charge is 0.241 e. The van der Waals surface area contributed by atoms with Gasteiger partial charge in [-0.1, -0.05) is 12.1 Å². The normalized spacial score (nSPS) is 11.9. The Bertz CT molecular complexity index is 428. The zero-order valence-electron chi connectivity index (χ0n) is 9.37. The van der Waals surface area contributed by atoms with E-state index >= 15 is 0 Å². The Hall–Kier alpha value is -1.95. The Balaban J connectivity index is 2.78. The minimum atomic E-state index is -1.08. The van der Waals surface area contributed by atoms with Crippen molar-refractivity contribution in [1.82, 2.24) is 0 Å². The van der Waals surface area contributed by atoms with E-state index < -0.39 is 23.7 Å². The molecule has 6 heteroatoms. The SMILES string of the molecule is Cc1cccc(F)c1NC(=O)C(N)CC(N)=O. The number of amides is 2. The summed E-state index contributed by atoms with van der Waals surface area (Å²) in [6, 6.07) is 3.33. The summed E-state index contributed by atoms with van der Waals surface area (Å²) in [6.45, 7) is 1.65. The van der Waals surface area contributed by atoms with Gasteiger partial charge in [0.2, 0.25) is 11.8 Å². The van der Waals surface area contributed by atoms with Gasteiger partial charge in [0.15, 0.2) is 0 Å². The van der Waals surface area contributed by atoms with Gasteiger partial charge in [-0.15, -0.1) is 0 Å². The molecule has 17 heavy (non-hydrogen) atoms. The molecule has 0 heterocycles. The molecule has 0 radical (unpaired) electrons. The van der Waals surface area contributed by atoms with Crippen LogP contribution in [0.5, 0.6) is 0 Å². The highest BCUT2D eigenvalue weighted by atomic mass is 19.1. The number of nitrogens with one attached hydrogen (secondary N) is 1. The van der Waals surface area contributed by atoms with E-state index in [0.717, 1.165) is 0 Å². The second-order valence-corrected chi connectivity index (χ2v) is 3.70. The third-order valence-corrected chi connectivity index (χ3v) is 2.23. The average molecular weight is 239 g/mol. The first-order valence-electron chi connectivity index (χ1n) is 5.01. The number of benzene rings is 1. The Morgan fingerprint density at radius 1 is 1.47 bits per heavy atom. The standard InChI is InChI=1S/C11H14FN3O2/c1-6-3-2-4-7(12)10(6)15-11(17)8(13)5-9(14)16/h2-4,8H,5,13H2,1H3,(H2,14,16)(H,15,17). The van der Waals surface area contributed by atoms with Crippen LogP contribution in [0.4, 0.5) is 10.1 Å². The van der Waals surface area contributed by atoms with Crippen LogP contribution < -0.4 is 16.8 Å². The van der Waals surface area contributed by atoms with E-state index in [9.17, 15) is 14.0 Å². The molecule has 2 amide bonds. The van der Waals surface area contributed by atoms with Crippen LogP contribution in [0.3, 0.4) is 0 Å². The topological polar surface area (TPSA) is 98.2 Å². The van der Waals surface area contributed by atoms with Gasteiger partial charge in [-0.3, -0.25) is 9.59 Å². The number of halogens is 1. The Labute approximate surface area is 98.0 Å². The largest absolute Gasteiger partial charge is 0.370 e. The third kappa shape index (κ3) is 3.53. The van der Waals surface area contributed by atoms with Crippen LogP contribution in [0, 0.1) is 12.7 Å². The Morgan fingerprint density at radius 3 is 2.65 bits per heavy atom. The number of anilines is 1. The summed E-state index contributed by atoms with van der Waals surface area (Å²) < 4.78 is 13.4. The number of primary amides is 1. The van der Waals surface area contributed by atoms with Crippen molar-refractivity contribution < 1.29 is 14.0 Å². The van der Waals surface area contributed by atoms with Crippen molar-refractivity contribution in [2.45, 2.75) is 19.4 Å². The maximum atomic E-state index is 13.4. The predicted molar refractivity (Wildman–Crippen MR) is 61.6 cm³/mol. The first kappa shape index (κ1) is 13.1. The predicted octanol–water partition coefficient (Wildman–Crippen LogP) is 0.275. The molecule has 1 unspecified atom stereocenters. The van der Waals surface area contributed by atoms with E-state index in [-0.39, 0.29) is 12.1 Å². The van der Waals surface area contributed by atoms with E-state index in [1.807, 2.05) is 0 Å².